The van der Waals surface area contributed by atoms with Crippen molar-refractivity contribution in [1.29, 1.82) is 0 Å². The maximum Gasteiger partial charge on any atom is 0.411 e. The van der Waals surface area contributed by atoms with Gasteiger partial charge in [-0.15, -0.1) is 0 Å². The third-order valence-corrected chi connectivity index (χ3v) is 4.17. The smallest absolute Gasteiger partial charge is 0.411 e. The Morgan fingerprint density at radius 1 is 1.28 bits per heavy atom. The number of pyridine rings is 1. The molecule has 0 aliphatic carbocycles. The fourth-order valence-electron chi connectivity index (χ4n) is 2.92. The van der Waals surface area contributed by atoms with Gasteiger partial charge < -0.3 is 25.7 Å². The number of anilines is 1. The first-order valence-electron chi connectivity index (χ1n) is 8.92. The van der Waals surface area contributed by atoms with Crippen molar-refractivity contribution in [2.75, 3.05) is 19.5 Å². The maximum absolute atomic E-state index is 10.8. The quantitative estimate of drug-likeness (QED) is 0.441. The van der Waals surface area contributed by atoms with Gasteiger partial charge in [0.1, 0.15) is 5.75 Å². The van der Waals surface area contributed by atoms with Crippen LogP contribution in [0.1, 0.15) is 11.3 Å². The van der Waals surface area contributed by atoms with Crippen molar-refractivity contribution < 1.29 is 19.0 Å². The zero-order valence-corrected chi connectivity index (χ0v) is 16.3. The molecule has 1 amide bonds. The number of rotatable bonds is 8. The maximum atomic E-state index is 10.8. The summed E-state index contributed by atoms with van der Waals surface area (Å²) in [5.74, 6) is 0.765. The average molecular weight is 397 g/mol. The molecule has 9 nitrogen and oxygen atoms in total. The Morgan fingerprint density at radius 2 is 2.10 bits per heavy atom. The number of primary amides is 1. The average Bonchev–Trinajstić information content (AvgIpc) is 3.11. The zero-order valence-electron chi connectivity index (χ0n) is 16.3. The number of aromatic nitrogens is 3. The summed E-state index contributed by atoms with van der Waals surface area (Å²) < 4.78 is 17.7. The lowest BCUT2D eigenvalue weighted by Crippen LogP contribution is -2.17. The number of aryl methyl sites for hydroxylation is 1. The lowest BCUT2D eigenvalue weighted by Gasteiger charge is -2.13. The van der Waals surface area contributed by atoms with Crippen LogP contribution in [0.15, 0.2) is 42.7 Å². The number of hydrogen-bond donors (Lipinski definition) is 2. The Labute approximate surface area is 168 Å². The van der Waals surface area contributed by atoms with Crippen molar-refractivity contribution in [1.82, 2.24) is 14.8 Å². The summed E-state index contributed by atoms with van der Waals surface area (Å²) in [6.07, 6.45) is 3.42. The van der Waals surface area contributed by atoms with Crippen molar-refractivity contribution >= 4 is 11.8 Å². The monoisotopic (exact) mass is 397 g/mol. The first kappa shape index (κ1) is 20.2. The minimum atomic E-state index is -0.905. The predicted octanol–water partition coefficient (Wildman–Crippen LogP) is 2.29. The third-order valence-electron chi connectivity index (χ3n) is 4.17. The summed E-state index contributed by atoms with van der Waals surface area (Å²) >= 11 is 0. The van der Waals surface area contributed by atoms with Crippen molar-refractivity contribution in [3.05, 3.63) is 54.0 Å². The summed E-state index contributed by atoms with van der Waals surface area (Å²) in [4.78, 5) is 15.0. The van der Waals surface area contributed by atoms with E-state index in [4.69, 9.17) is 25.7 Å². The highest BCUT2D eigenvalue weighted by Gasteiger charge is 2.13. The SMILES string of the molecule is COc1c(N)cc(CCOCc2cccc(OC(N)=O)n2)cc1-c1cnn(C)c1. The van der Waals surface area contributed by atoms with E-state index in [2.05, 4.69) is 10.1 Å². The predicted molar refractivity (Wildman–Crippen MR) is 107 cm³/mol. The van der Waals surface area contributed by atoms with E-state index in [0.717, 1.165) is 16.7 Å². The molecule has 0 radical (unpaired) electrons. The summed E-state index contributed by atoms with van der Waals surface area (Å²) in [5, 5.41) is 4.21. The van der Waals surface area contributed by atoms with Crippen LogP contribution in [0.5, 0.6) is 11.6 Å². The summed E-state index contributed by atoms with van der Waals surface area (Å²) in [5.41, 5.74) is 15.2. The van der Waals surface area contributed by atoms with Crippen LogP contribution < -0.4 is 20.9 Å². The van der Waals surface area contributed by atoms with Crippen LogP contribution in [0.2, 0.25) is 0 Å². The Hall–Kier alpha value is -3.59. The number of amides is 1. The number of carbonyl (C=O) groups is 1. The van der Waals surface area contributed by atoms with E-state index in [1.165, 1.54) is 0 Å². The molecule has 0 saturated heterocycles. The number of ether oxygens (including phenoxy) is 3. The lowest BCUT2D eigenvalue weighted by molar-refractivity contribution is 0.120. The van der Waals surface area contributed by atoms with Gasteiger partial charge in [0.25, 0.3) is 0 Å². The molecule has 0 unspecified atom stereocenters. The molecule has 3 rings (SSSR count). The van der Waals surface area contributed by atoms with Gasteiger partial charge in [0.15, 0.2) is 0 Å². The molecule has 1 aromatic carbocycles. The highest BCUT2D eigenvalue weighted by Crippen LogP contribution is 2.36. The molecular formula is C20H23N5O4. The number of methoxy groups -OCH3 is 1. The molecule has 0 fully saturated rings. The van der Waals surface area contributed by atoms with Crippen molar-refractivity contribution in [2.45, 2.75) is 13.0 Å². The van der Waals surface area contributed by atoms with Gasteiger partial charge in [0, 0.05) is 30.4 Å². The molecule has 0 aliphatic heterocycles. The summed E-state index contributed by atoms with van der Waals surface area (Å²) in [6.45, 7) is 0.734. The molecule has 0 saturated carbocycles. The minimum absolute atomic E-state index is 0.141. The van der Waals surface area contributed by atoms with E-state index in [0.29, 0.717) is 30.2 Å². The van der Waals surface area contributed by atoms with E-state index >= 15 is 0 Å². The second-order valence-electron chi connectivity index (χ2n) is 6.36. The van der Waals surface area contributed by atoms with Gasteiger partial charge >= 0.3 is 6.09 Å². The van der Waals surface area contributed by atoms with Gasteiger partial charge in [0.05, 0.1) is 37.9 Å². The van der Waals surface area contributed by atoms with E-state index in [1.54, 1.807) is 36.2 Å². The van der Waals surface area contributed by atoms with Crippen molar-refractivity contribution in [3.63, 3.8) is 0 Å². The Bertz CT molecular complexity index is 1000. The van der Waals surface area contributed by atoms with Crippen LogP contribution in [0.4, 0.5) is 10.5 Å². The number of nitrogens with zero attached hydrogens (tertiary/aromatic N) is 3. The standard InChI is InChI=1S/C20H23N5O4/c1-25-11-14(10-23-25)16-8-13(9-17(21)19(16)27-2)6-7-28-12-15-4-3-5-18(24-15)29-20(22)26/h3-5,8-11H,6-7,12,21H2,1-2H3,(H2,22,26). The van der Waals surface area contributed by atoms with E-state index in [1.807, 2.05) is 25.4 Å². The fourth-order valence-corrected chi connectivity index (χ4v) is 2.92. The molecule has 2 aromatic heterocycles. The van der Waals surface area contributed by atoms with Gasteiger partial charge in [-0.3, -0.25) is 4.68 Å². The Morgan fingerprint density at radius 3 is 2.79 bits per heavy atom. The van der Waals surface area contributed by atoms with E-state index in [-0.39, 0.29) is 12.5 Å². The molecule has 0 spiro atoms. The lowest BCUT2D eigenvalue weighted by atomic mass is 10.0. The number of nitrogen functional groups attached to an aromatic ring is 1. The second-order valence-corrected chi connectivity index (χ2v) is 6.36. The fraction of sp³-hybridized carbons (Fsp3) is 0.250. The van der Waals surface area contributed by atoms with Gasteiger partial charge in [-0.2, -0.15) is 5.10 Å². The van der Waals surface area contributed by atoms with Gasteiger partial charge in [-0.1, -0.05) is 6.07 Å². The molecule has 4 N–H and O–H groups in total. The minimum Gasteiger partial charge on any atom is -0.494 e. The van der Waals surface area contributed by atoms with E-state index in [9.17, 15) is 4.79 Å². The molecule has 0 aliphatic rings. The molecule has 29 heavy (non-hydrogen) atoms. The van der Waals surface area contributed by atoms with Gasteiger partial charge in [0.2, 0.25) is 5.88 Å². The second kappa shape index (κ2) is 9.07. The highest BCUT2D eigenvalue weighted by molar-refractivity contribution is 5.77. The van der Waals surface area contributed by atoms with Crippen LogP contribution in [0.3, 0.4) is 0 Å². The summed E-state index contributed by atoms with van der Waals surface area (Å²) in [6, 6.07) is 8.94. The number of nitrogens with two attached hydrogens (primary N) is 2. The molecule has 9 heteroatoms. The zero-order chi connectivity index (χ0) is 20.8. The molecule has 2 heterocycles. The van der Waals surface area contributed by atoms with Crippen molar-refractivity contribution in [2.24, 2.45) is 12.8 Å². The molecule has 152 valence electrons. The largest absolute Gasteiger partial charge is 0.494 e. The Kier molecular flexibility index (Phi) is 6.30. The number of carbonyl (C=O) groups excluding carboxylic acids is 1. The molecule has 0 bridgehead atoms. The molecular weight excluding hydrogens is 374 g/mol. The van der Waals surface area contributed by atoms with Crippen LogP contribution in [0, 0.1) is 0 Å². The highest BCUT2D eigenvalue weighted by atomic mass is 16.6. The van der Waals surface area contributed by atoms with Crippen LogP contribution in [0.25, 0.3) is 11.1 Å². The topological polar surface area (TPSA) is 128 Å². The third kappa shape index (κ3) is 5.23. The van der Waals surface area contributed by atoms with Gasteiger partial charge in [-0.05, 0) is 30.2 Å². The van der Waals surface area contributed by atoms with Gasteiger partial charge in [-0.25, -0.2) is 9.78 Å². The van der Waals surface area contributed by atoms with Crippen LogP contribution >= 0.6 is 0 Å². The van der Waals surface area contributed by atoms with Crippen molar-refractivity contribution in [3.8, 4) is 22.8 Å². The Balaban J connectivity index is 1.64. The number of benzene rings is 1. The van der Waals surface area contributed by atoms with Crippen LogP contribution in [-0.4, -0.2) is 34.6 Å². The molecule has 3 aromatic rings. The van der Waals surface area contributed by atoms with E-state index < -0.39 is 6.09 Å². The summed E-state index contributed by atoms with van der Waals surface area (Å²) in [7, 11) is 3.45. The number of hydrogen-bond acceptors (Lipinski definition) is 7. The molecule has 0 atom stereocenters. The van der Waals surface area contributed by atoms with Crippen LogP contribution in [-0.2, 0) is 24.8 Å². The first-order chi connectivity index (χ1) is 14.0. The first-order valence-corrected chi connectivity index (χ1v) is 8.92. The normalized spacial score (nSPS) is 10.7.